The second kappa shape index (κ2) is 8.99. The Morgan fingerprint density at radius 1 is 1.12 bits per heavy atom. The van der Waals surface area contributed by atoms with Crippen molar-refractivity contribution in [2.75, 3.05) is 13.7 Å². The molecule has 1 saturated heterocycles. The Labute approximate surface area is 188 Å². The lowest BCUT2D eigenvalue weighted by Gasteiger charge is -2.23. The highest BCUT2D eigenvalue weighted by Gasteiger charge is 2.47. The first-order valence-corrected chi connectivity index (χ1v) is 10.1. The van der Waals surface area contributed by atoms with Gasteiger partial charge in [-0.3, -0.25) is 19.7 Å². The molecule has 0 radical (unpaired) electrons. The van der Waals surface area contributed by atoms with E-state index in [-0.39, 0.29) is 23.4 Å². The number of non-ortho nitro benzene ring substituents is 1. The number of aliphatic hydroxyl groups is 1. The predicted octanol–water partition coefficient (Wildman–Crippen LogP) is 3.86. The maximum absolute atomic E-state index is 12.9. The van der Waals surface area contributed by atoms with Crippen molar-refractivity contribution in [2.45, 2.75) is 12.5 Å². The zero-order valence-electron chi connectivity index (χ0n) is 17.6. The SMILES string of the molecule is COc1ccc(CCN2C(=O)C(=O)/C(=C(\O)c3ccc([N+](=O)[O-])cc3)C2c2ccco2)cc1. The smallest absolute Gasteiger partial charge is 0.295 e. The molecule has 0 bridgehead atoms. The lowest BCUT2D eigenvalue weighted by molar-refractivity contribution is -0.384. The second-order valence-corrected chi connectivity index (χ2v) is 7.41. The van der Waals surface area contributed by atoms with Crippen LogP contribution in [0, 0.1) is 10.1 Å². The molecule has 0 aliphatic carbocycles. The molecule has 1 N–H and O–H groups in total. The van der Waals surface area contributed by atoms with Crippen LogP contribution >= 0.6 is 0 Å². The van der Waals surface area contributed by atoms with Crippen molar-refractivity contribution in [1.29, 1.82) is 0 Å². The summed E-state index contributed by atoms with van der Waals surface area (Å²) in [4.78, 5) is 37.5. The third-order valence-corrected chi connectivity index (χ3v) is 5.50. The lowest BCUT2D eigenvalue weighted by atomic mass is 9.99. The number of carbonyl (C=O) groups is 2. The molecule has 0 spiro atoms. The van der Waals surface area contributed by atoms with Crippen LogP contribution in [0.3, 0.4) is 0 Å². The molecule has 168 valence electrons. The third kappa shape index (κ3) is 4.20. The van der Waals surface area contributed by atoms with Crippen LogP contribution in [-0.4, -0.2) is 40.3 Å². The zero-order chi connectivity index (χ0) is 23.5. The van der Waals surface area contributed by atoms with Crippen LogP contribution in [0.25, 0.3) is 5.76 Å². The number of amides is 1. The number of methoxy groups -OCH3 is 1. The number of ketones is 1. The molecule has 1 aliphatic rings. The molecule has 33 heavy (non-hydrogen) atoms. The van der Waals surface area contributed by atoms with E-state index in [1.54, 1.807) is 19.2 Å². The van der Waals surface area contributed by atoms with E-state index in [1.165, 1.54) is 35.4 Å². The highest BCUT2D eigenvalue weighted by Crippen LogP contribution is 2.39. The molecule has 3 aromatic rings. The molecule has 1 unspecified atom stereocenters. The first-order valence-electron chi connectivity index (χ1n) is 10.1. The Morgan fingerprint density at radius 2 is 1.82 bits per heavy atom. The van der Waals surface area contributed by atoms with Crippen LogP contribution in [0.15, 0.2) is 76.9 Å². The molecule has 2 aromatic carbocycles. The van der Waals surface area contributed by atoms with Gasteiger partial charge in [0.1, 0.15) is 23.3 Å². The molecule has 1 atom stereocenters. The van der Waals surface area contributed by atoms with E-state index in [4.69, 9.17) is 9.15 Å². The molecular weight excluding hydrogens is 428 g/mol. The number of carbonyl (C=O) groups excluding carboxylic acids is 2. The van der Waals surface area contributed by atoms with Crippen molar-refractivity contribution in [2.24, 2.45) is 0 Å². The van der Waals surface area contributed by atoms with E-state index < -0.39 is 28.4 Å². The van der Waals surface area contributed by atoms with Crippen LogP contribution in [0.1, 0.15) is 22.9 Å². The molecule has 1 aromatic heterocycles. The van der Waals surface area contributed by atoms with Crippen LogP contribution < -0.4 is 4.74 Å². The summed E-state index contributed by atoms with van der Waals surface area (Å²) in [5, 5.41) is 21.8. The summed E-state index contributed by atoms with van der Waals surface area (Å²) < 4.78 is 10.7. The van der Waals surface area contributed by atoms with E-state index >= 15 is 0 Å². The summed E-state index contributed by atoms with van der Waals surface area (Å²) in [5.41, 5.74) is 0.837. The molecule has 4 rings (SSSR count). The molecule has 1 fully saturated rings. The molecular formula is C24H20N2O7. The van der Waals surface area contributed by atoms with Crippen molar-refractivity contribution in [1.82, 2.24) is 4.90 Å². The van der Waals surface area contributed by atoms with Gasteiger partial charge in [0.25, 0.3) is 17.4 Å². The normalized spacial score (nSPS) is 17.4. The summed E-state index contributed by atoms with van der Waals surface area (Å²) in [6.07, 6.45) is 1.89. The van der Waals surface area contributed by atoms with Crippen molar-refractivity contribution >= 4 is 23.1 Å². The van der Waals surface area contributed by atoms with Crippen LogP contribution in [0.2, 0.25) is 0 Å². The fraction of sp³-hybridized carbons (Fsp3) is 0.167. The standard InChI is InChI=1S/C24H20N2O7/c1-32-18-10-4-15(5-11-18)12-13-25-21(19-3-2-14-33-19)20(23(28)24(25)29)22(27)16-6-8-17(9-7-16)26(30)31/h2-11,14,21,27H,12-13H2,1H3/b22-20-. The topological polar surface area (TPSA) is 123 Å². The monoisotopic (exact) mass is 448 g/mol. The average molecular weight is 448 g/mol. The number of aliphatic hydroxyl groups excluding tert-OH is 1. The number of nitro benzene ring substituents is 1. The Kier molecular flexibility index (Phi) is 5.95. The fourth-order valence-corrected chi connectivity index (χ4v) is 3.79. The van der Waals surface area contributed by atoms with E-state index in [9.17, 15) is 24.8 Å². The van der Waals surface area contributed by atoms with Gasteiger partial charge in [-0.05, 0) is 48.4 Å². The number of Topliss-reactive ketones (excluding diaryl/α,β-unsaturated/α-hetero) is 1. The maximum atomic E-state index is 12.9. The number of hydrogen-bond donors (Lipinski definition) is 1. The number of likely N-dealkylation sites (tertiary alicyclic amines) is 1. The number of ether oxygens (including phenoxy) is 1. The predicted molar refractivity (Wildman–Crippen MR) is 118 cm³/mol. The van der Waals surface area contributed by atoms with E-state index in [0.717, 1.165) is 5.56 Å². The molecule has 9 nitrogen and oxygen atoms in total. The molecule has 1 amide bonds. The third-order valence-electron chi connectivity index (χ3n) is 5.50. The van der Waals surface area contributed by atoms with Gasteiger partial charge >= 0.3 is 0 Å². The molecule has 1 aliphatic heterocycles. The summed E-state index contributed by atoms with van der Waals surface area (Å²) in [6.45, 7) is 0.208. The van der Waals surface area contributed by atoms with Gasteiger partial charge in [-0.15, -0.1) is 0 Å². The van der Waals surface area contributed by atoms with E-state index in [1.807, 2.05) is 24.3 Å². The summed E-state index contributed by atoms with van der Waals surface area (Å²) in [6, 6.07) is 14.8. The van der Waals surface area contributed by atoms with Gasteiger partial charge in [0.05, 0.1) is 23.9 Å². The van der Waals surface area contributed by atoms with Crippen molar-refractivity contribution in [3.8, 4) is 5.75 Å². The lowest BCUT2D eigenvalue weighted by Crippen LogP contribution is -2.31. The molecule has 0 saturated carbocycles. The Bertz CT molecular complexity index is 1210. The fourth-order valence-electron chi connectivity index (χ4n) is 3.79. The number of benzene rings is 2. The van der Waals surface area contributed by atoms with Gasteiger partial charge in [0, 0.05) is 24.2 Å². The highest BCUT2D eigenvalue weighted by atomic mass is 16.6. The van der Waals surface area contributed by atoms with Crippen molar-refractivity contribution < 1.29 is 28.8 Å². The van der Waals surface area contributed by atoms with Crippen LogP contribution in [-0.2, 0) is 16.0 Å². The Morgan fingerprint density at radius 3 is 2.39 bits per heavy atom. The summed E-state index contributed by atoms with van der Waals surface area (Å²) in [7, 11) is 1.57. The number of rotatable bonds is 7. The van der Waals surface area contributed by atoms with Gasteiger partial charge in [-0.1, -0.05) is 12.1 Å². The number of furan rings is 1. The van der Waals surface area contributed by atoms with Crippen molar-refractivity contribution in [3.05, 3.63) is 99.5 Å². The summed E-state index contributed by atoms with van der Waals surface area (Å²) in [5.74, 6) is -0.989. The molecule has 9 heteroatoms. The molecule has 2 heterocycles. The first kappa shape index (κ1) is 21.8. The Balaban J connectivity index is 1.69. The minimum Gasteiger partial charge on any atom is -0.507 e. The van der Waals surface area contributed by atoms with Gasteiger partial charge in [-0.2, -0.15) is 0 Å². The second-order valence-electron chi connectivity index (χ2n) is 7.41. The average Bonchev–Trinajstić information content (AvgIpc) is 3.45. The van der Waals surface area contributed by atoms with E-state index in [0.29, 0.717) is 17.9 Å². The largest absolute Gasteiger partial charge is 0.507 e. The minimum absolute atomic E-state index is 0.126. The van der Waals surface area contributed by atoms with Gasteiger partial charge < -0.3 is 19.2 Å². The van der Waals surface area contributed by atoms with E-state index in [2.05, 4.69) is 0 Å². The highest BCUT2D eigenvalue weighted by molar-refractivity contribution is 6.46. The quantitative estimate of drug-likeness (QED) is 0.191. The van der Waals surface area contributed by atoms with Crippen LogP contribution in [0.5, 0.6) is 5.75 Å². The maximum Gasteiger partial charge on any atom is 0.295 e. The van der Waals surface area contributed by atoms with Crippen LogP contribution in [0.4, 0.5) is 5.69 Å². The zero-order valence-corrected chi connectivity index (χ0v) is 17.6. The van der Waals surface area contributed by atoms with Gasteiger partial charge in [0.2, 0.25) is 0 Å². The summed E-state index contributed by atoms with van der Waals surface area (Å²) >= 11 is 0. The van der Waals surface area contributed by atoms with Gasteiger partial charge in [-0.25, -0.2) is 0 Å². The Hall–Kier alpha value is -4.40. The van der Waals surface area contributed by atoms with Gasteiger partial charge in [0.15, 0.2) is 0 Å². The number of nitrogens with zero attached hydrogens (tertiary/aromatic N) is 2. The first-order chi connectivity index (χ1) is 15.9. The number of hydrogen-bond acceptors (Lipinski definition) is 7. The minimum atomic E-state index is -0.923. The van der Waals surface area contributed by atoms with Crippen molar-refractivity contribution in [3.63, 3.8) is 0 Å². The number of nitro groups is 1.